The lowest BCUT2D eigenvalue weighted by Crippen LogP contribution is -2.40. The van der Waals surface area contributed by atoms with Crippen LogP contribution in [0.25, 0.3) is 0 Å². The van der Waals surface area contributed by atoms with Crippen molar-refractivity contribution in [2.45, 2.75) is 32.3 Å². The zero-order valence-electron chi connectivity index (χ0n) is 9.41. The topological polar surface area (TPSA) is 60.2 Å². The van der Waals surface area contributed by atoms with Gasteiger partial charge >= 0.3 is 0 Å². The molecule has 1 fully saturated rings. The molecule has 0 bridgehead atoms. The Morgan fingerprint density at radius 1 is 1.53 bits per heavy atom. The van der Waals surface area contributed by atoms with Crippen LogP contribution >= 0.6 is 0 Å². The third-order valence-electron chi connectivity index (χ3n) is 2.62. The molecule has 0 amide bonds. The Morgan fingerprint density at radius 3 is 2.80 bits per heavy atom. The summed E-state index contributed by atoms with van der Waals surface area (Å²) >= 11 is 0. The number of nitrogens with one attached hydrogen (secondary N) is 1. The maximum atomic E-state index is 5.56. The van der Waals surface area contributed by atoms with Gasteiger partial charge in [0.25, 0.3) is 0 Å². The Labute approximate surface area is 89.2 Å². The molecule has 5 nitrogen and oxygen atoms in total. The average Bonchev–Trinajstić information content (AvgIpc) is 2.50. The molecule has 1 N–H and O–H groups in total. The summed E-state index contributed by atoms with van der Waals surface area (Å²) in [6.07, 6.45) is 0. The van der Waals surface area contributed by atoms with Crippen molar-refractivity contribution >= 4 is 0 Å². The Hall–Kier alpha value is -0.940. The van der Waals surface area contributed by atoms with E-state index in [1.807, 2.05) is 20.8 Å². The quantitative estimate of drug-likeness (QED) is 0.806. The maximum Gasteiger partial charge on any atom is 0.232 e. The van der Waals surface area contributed by atoms with E-state index in [1.165, 1.54) is 0 Å². The molecule has 0 saturated carbocycles. The van der Waals surface area contributed by atoms with Crippen LogP contribution in [0, 0.1) is 0 Å². The normalized spacial score (nSPS) is 17.8. The summed E-state index contributed by atoms with van der Waals surface area (Å²) in [5.74, 6) is 1.73. The van der Waals surface area contributed by atoms with E-state index in [0.29, 0.717) is 18.3 Å². The summed E-state index contributed by atoms with van der Waals surface area (Å²) in [6, 6.07) is 0. The van der Waals surface area contributed by atoms with Gasteiger partial charge in [-0.15, -0.1) is 0 Å². The van der Waals surface area contributed by atoms with Crippen molar-refractivity contribution < 1.29 is 9.26 Å². The van der Waals surface area contributed by atoms with Crippen LogP contribution in [0.2, 0.25) is 0 Å². The van der Waals surface area contributed by atoms with Crippen molar-refractivity contribution in [3.05, 3.63) is 11.7 Å². The molecule has 0 radical (unpaired) electrons. The van der Waals surface area contributed by atoms with Crippen LogP contribution in [-0.4, -0.2) is 29.8 Å². The SMILES string of the molecule is CCOC(C)(C)c1noc(C2CNC2)n1. The molecule has 2 rings (SSSR count). The Balaban J connectivity index is 2.11. The van der Waals surface area contributed by atoms with Crippen LogP contribution < -0.4 is 5.32 Å². The molecular formula is C10H17N3O2. The minimum absolute atomic E-state index is 0.378. The summed E-state index contributed by atoms with van der Waals surface area (Å²) < 4.78 is 10.8. The van der Waals surface area contributed by atoms with E-state index >= 15 is 0 Å². The van der Waals surface area contributed by atoms with Gasteiger partial charge in [-0.3, -0.25) is 0 Å². The minimum Gasteiger partial charge on any atom is -0.368 e. The molecule has 1 aromatic heterocycles. The number of hydrogen-bond donors (Lipinski definition) is 1. The summed E-state index contributed by atoms with van der Waals surface area (Å²) in [7, 11) is 0. The Kier molecular flexibility index (Phi) is 2.75. The molecule has 15 heavy (non-hydrogen) atoms. The Bertz CT molecular complexity index is 331. The third-order valence-corrected chi connectivity index (χ3v) is 2.62. The van der Waals surface area contributed by atoms with Crippen molar-refractivity contribution in [2.75, 3.05) is 19.7 Å². The first-order chi connectivity index (χ1) is 7.13. The molecule has 0 spiro atoms. The van der Waals surface area contributed by atoms with Gasteiger partial charge in [0.15, 0.2) is 0 Å². The third kappa shape index (κ3) is 2.03. The number of ether oxygens (including phenoxy) is 1. The minimum atomic E-state index is -0.465. The van der Waals surface area contributed by atoms with Crippen LogP contribution in [-0.2, 0) is 10.3 Å². The summed E-state index contributed by atoms with van der Waals surface area (Å²) in [5.41, 5.74) is -0.465. The van der Waals surface area contributed by atoms with Crippen LogP contribution in [0.1, 0.15) is 38.4 Å². The van der Waals surface area contributed by atoms with Crippen molar-refractivity contribution in [3.8, 4) is 0 Å². The zero-order valence-corrected chi connectivity index (χ0v) is 9.41. The van der Waals surface area contributed by atoms with Crippen LogP contribution in [0.3, 0.4) is 0 Å². The zero-order chi connectivity index (χ0) is 10.9. The lowest BCUT2D eigenvalue weighted by Gasteiger charge is -2.23. The lowest BCUT2D eigenvalue weighted by atomic mass is 10.0. The smallest absolute Gasteiger partial charge is 0.232 e. The largest absolute Gasteiger partial charge is 0.368 e. The highest BCUT2D eigenvalue weighted by Crippen LogP contribution is 2.24. The first-order valence-corrected chi connectivity index (χ1v) is 5.32. The van der Waals surface area contributed by atoms with Gasteiger partial charge in [-0.1, -0.05) is 5.16 Å². The van der Waals surface area contributed by atoms with Gasteiger partial charge < -0.3 is 14.6 Å². The van der Waals surface area contributed by atoms with Crippen LogP contribution in [0.5, 0.6) is 0 Å². The van der Waals surface area contributed by atoms with E-state index < -0.39 is 5.60 Å². The summed E-state index contributed by atoms with van der Waals surface area (Å²) in [5, 5.41) is 7.14. The van der Waals surface area contributed by atoms with Gasteiger partial charge in [0.2, 0.25) is 11.7 Å². The monoisotopic (exact) mass is 211 g/mol. The molecule has 1 aromatic rings. The second-order valence-electron chi connectivity index (χ2n) is 4.25. The van der Waals surface area contributed by atoms with E-state index in [0.717, 1.165) is 19.0 Å². The standard InChI is InChI=1S/C10H17N3O2/c1-4-14-10(2,3)9-12-8(15-13-9)7-5-11-6-7/h7,11H,4-6H2,1-3H3. The molecular weight excluding hydrogens is 194 g/mol. The highest BCUT2D eigenvalue weighted by Gasteiger charge is 2.31. The fourth-order valence-electron chi connectivity index (χ4n) is 1.53. The molecule has 84 valence electrons. The first kappa shape index (κ1) is 10.6. The number of aromatic nitrogens is 2. The number of hydrogen-bond acceptors (Lipinski definition) is 5. The van der Waals surface area contributed by atoms with E-state index in [1.54, 1.807) is 0 Å². The molecule has 0 aromatic carbocycles. The van der Waals surface area contributed by atoms with Gasteiger partial charge in [-0.25, -0.2) is 0 Å². The fourth-order valence-corrected chi connectivity index (χ4v) is 1.53. The van der Waals surface area contributed by atoms with E-state index in [9.17, 15) is 0 Å². The predicted molar refractivity (Wildman–Crippen MR) is 54.6 cm³/mol. The van der Waals surface area contributed by atoms with Crippen LogP contribution in [0.4, 0.5) is 0 Å². The molecule has 0 atom stereocenters. The molecule has 1 aliphatic heterocycles. The molecule has 5 heteroatoms. The molecule has 0 unspecified atom stereocenters. The molecule has 2 heterocycles. The van der Waals surface area contributed by atoms with Crippen LogP contribution in [0.15, 0.2) is 4.52 Å². The van der Waals surface area contributed by atoms with E-state index in [4.69, 9.17) is 9.26 Å². The van der Waals surface area contributed by atoms with Gasteiger partial charge in [-0.05, 0) is 20.8 Å². The number of nitrogens with zero attached hydrogens (tertiary/aromatic N) is 2. The van der Waals surface area contributed by atoms with E-state index in [-0.39, 0.29) is 0 Å². The number of rotatable bonds is 4. The average molecular weight is 211 g/mol. The lowest BCUT2D eigenvalue weighted by molar-refractivity contribution is -0.0221. The molecule has 1 saturated heterocycles. The van der Waals surface area contributed by atoms with Gasteiger partial charge in [0.05, 0.1) is 5.92 Å². The summed E-state index contributed by atoms with van der Waals surface area (Å²) in [6.45, 7) is 8.35. The summed E-state index contributed by atoms with van der Waals surface area (Å²) in [4.78, 5) is 4.38. The maximum absolute atomic E-state index is 5.56. The van der Waals surface area contributed by atoms with Gasteiger partial charge in [0.1, 0.15) is 5.60 Å². The highest BCUT2D eigenvalue weighted by atomic mass is 16.5. The second-order valence-corrected chi connectivity index (χ2v) is 4.25. The van der Waals surface area contributed by atoms with Crippen molar-refractivity contribution in [1.82, 2.24) is 15.5 Å². The second kappa shape index (κ2) is 3.90. The van der Waals surface area contributed by atoms with Crippen molar-refractivity contribution in [1.29, 1.82) is 0 Å². The van der Waals surface area contributed by atoms with Crippen molar-refractivity contribution in [3.63, 3.8) is 0 Å². The molecule has 1 aliphatic rings. The van der Waals surface area contributed by atoms with E-state index in [2.05, 4.69) is 15.5 Å². The fraction of sp³-hybridized carbons (Fsp3) is 0.800. The predicted octanol–water partition coefficient (Wildman–Crippen LogP) is 1.03. The van der Waals surface area contributed by atoms with Gasteiger partial charge in [-0.2, -0.15) is 4.98 Å². The highest BCUT2D eigenvalue weighted by molar-refractivity contribution is 5.04. The Morgan fingerprint density at radius 2 is 2.27 bits per heavy atom. The molecule has 0 aliphatic carbocycles. The van der Waals surface area contributed by atoms with Gasteiger partial charge in [0, 0.05) is 19.7 Å². The van der Waals surface area contributed by atoms with Crippen molar-refractivity contribution in [2.24, 2.45) is 0 Å². The first-order valence-electron chi connectivity index (χ1n) is 5.32.